The molecule has 2 rings (SSSR count). The van der Waals surface area contributed by atoms with Crippen molar-refractivity contribution in [3.05, 3.63) is 58.1 Å². The van der Waals surface area contributed by atoms with Crippen molar-refractivity contribution in [2.45, 2.75) is 6.10 Å². The van der Waals surface area contributed by atoms with E-state index in [0.717, 1.165) is 5.56 Å². The van der Waals surface area contributed by atoms with Crippen LogP contribution < -0.4 is 10.1 Å². The molecule has 1 heterocycles. The summed E-state index contributed by atoms with van der Waals surface area (Å²) in [4.78, 5) is 14.4. The number of benzene rings is 1. The maximum Gasteiger partial charge on any atom is 0.311 e. The van der Waals surface area contributed by atoms with Crippen molar-refractivity contribution in [3.63, 3.8) is 0 Å². The molecule has 0 aliphatic rings. The van der Waals surface area contributed by atoms with E-state index in [0.29, 0.717) is 0 Å². The van der Waals surface area contributed by atoms with Gasteiger partial charge in [-0.05, 0) is 5.56 Å². The van der Waals surface area contributed by atoms with Crippen molar-refractivity contribution >= 4 is 11.5 Å². The van der Waals surface area contributed by atoms with E-state index in [9.17, 15) is 15.2 Å². The summed E-state index contributed by atoms with van der Waals surface area (Å²) >= 11 is 0. The van der Waals surface area contributed by atoms with Gasteiger partial charge in [0.2, 0.25) is 11.7 Å². The third kappa shape index (κ3) is 3.67. The molecule has 1 atom stereocenters. The van der Waals surface area contributed by atoms with Gasteiger partial charge in [0, 0.05) is 18.7 Å². The SMILES string of the molecule is COc1ccc([N+](=O)[O-])c(NCC(O)c2ccccc2)n1. The quantitative estimate of drug-likeness (QED) is 0.624. The summed E-state index contributed by atoms with van der Waals surface area (Å²) < 4.78 is 4.94. The highest BCUT2D eigenvalue weighted by Crippen LogP contribution is 2.25. The molecular formula is C14H15N3O4. The van der Waals surface area contributed by atoms with E-state index >= 15 is 0 Å². The van der Waals surface area contributed by atoms with Gasteiger partial charge in [0.25, 0.3) is 0 Å². The standard InChI is InChI=1S/C14H15N3O4/c1-21-13-8-7-11(17(19)20)14(16-13)15-9-12(18)10-5-3-2-4-6-10/h2-8,12,18H,9H2,1H3,(H,15,16). The Bertz CT molecular complexity index is 619. The first-order valence-corrected chi connectivity index (χ1v) is 6.28. The predicted molar refractivity (Wildman–Crippen MR) is 77.3 cm³/mol. The number of pyridine rings is 1. The van der Waals surface area contributed by atoms with Crippen molar-refractivity contribution in [3.8, 4) is 5.88 Å². The maximum atomic E-state index is 11.0. The van der Waals surface area contributed by atoms with Crippen LogP contribution in [0.4, 0.5) is 11.5 Å². The molecular weight excluding hydrogens is 274 g/mol. The van der Waals surface area contributed by atoms with Crippen LogP contribution in [0.1, 0.15) is 11.7 Å². The number of nitro groups is 1. The highest BCUT2D eigenvalue weighted by Gasteiger charge is 2.17. The minimum Gasteiger partial charge on any atom is -0.481 e. The Labute approximate surface area is 121 Å². The fourth-order valence-electron chi connectivity index (χ4n) is 1.81. The van der Waals surface area contributed by atoms with Crippen LogP contribution in [0.5, 0.6) is 5.88 Å². The lowest BCUT2D eigenvalue weighted by molar-refractivity contribution is -0.384. The van der Waals surface area contributed by atoms with Crippen molar-refractivity contribution in [1.82, 2.24) is 4.98 Å². The van der Waals surface area contributed by atoms with Crippen LogP contribution in [-0.2, 0) is 0 Å². The number of nitrogens with one attached hydrogen (secondary N) is 1. The summed E-state index contributed by atoms with van der Waals surface area (Å²) in [5.74, 6) is 0.326. The smallest absolute Gasteiger partial charge is 0.311 e. The number of aliphatic hydroxyl groups is 1. The molecule has 1 unspecified atom stereocenters. The van der Waals surface area contributed by atoms with Crippen molar-refractivity contribution < 1.29 is 14.8 Å². The highest BCUT2D eigenvalue weighted by atomic mass is 16.6. The zero-order chi connectivity index (χ0) is 15.2. The lowest BCUT2D eigenvalue weighted by Gasteiger charge is -2.13. The van der Waals surface area contributed by atoms with Crippen LogP contribution in [0, 0.1) is 10.1 Å². The zero-order valence-electron chi connectivity index (χ0n) is 11.4. The molecule has 7 heteroatoms. The van der Waals surface area contributed by atoms with Crippen LogP contribution in [0.15, 0.2) is 42.5 Å². The van der Waals surface area contributed by atoms with Gasteiger partial charge in [0.05, 0.1) is 18.1 Å². The van der Waals surface area contributed by atoms with Gasteiger partial charge in [-0.2, -0.15) is 4.98 Å². The number of nitrogens with zero attached hydrogens (tertiary/aromatic N) is 2. The summed E-state index contributed by atoms with van der Waals surface area (Å²) in [6.07, 6.45) is -0.793. The predicted octanol–water partition coefficient (Wildman–Crippen LogP) is 2.14. The Hall–Kier alpha value is -2.67. The average molecular weight is 289 g/mol. The van der Waals surface area contributed by atoms with E-state index < -0.39 is 11.0 Å². The summed E-state index contributed by atoms with van der Waals surface area (Å²) in [7, 11) is 1.43. The van der Waals surface area contributed by atoms with E-state index in [-0.39, 0.29) is 23.9 Å². The molecule has 0 aliphatic heterocycles. The average Bonchev–Trinajstić information content (AvgIpc) is 2.52. The number of anilines is 1. The minimum absolute atomic E-state index is 0.0642. The van der Waals surface area contributed by atoms with E-state index in [2.05, 4.69) is 10.3 Å². The Morgan fingerprint density at radius 1 is 1.33 bits per heavy atom. The molecule has 2 N–H and O–H groups in total. The number of aromatic nitrogens is 1. The van der Waals surface area contributed by atoms with E-state index in [4.69, 9.17) is 4.74 Å². The number of methoxy groups -OCH3 is 1. The topological polar surface area (TPSA) is 97.5 Å². The molecule has 0 fully saturated rings. The maximum absolute atomic E-state index is 11.0. The first-order valence-electron chi connectivity index (χ1n) is 6.28. The lowest BCUT2D eigenvalue weighted by atomic mass is 10.1. The monoisotopic (exact) mass is 289 g/mol. The normalized spacial score (nSPS) is 11.7. The molecule has 0 spiro atoms. The van der Waals surface area contributed by atoms with Crippen LogP contribution in [0.3, 0.4) is 0 Å². The Kier molecular flexibility index (Phi) is 4.68. The Morgan fingerprint density at radius 2 is 2.05 bits per heavy atom. The van der Waals surface area contributed by atoms with Gasteiger partial charge in [0.1, 0.15) is 0 Å². The second-order valence-electron chi connectivity index (χ2n) is 4.29. The molecule has 1 aromatic heterocycles. The summed E-state index contributed by atoms with van der Waals surface area (Å²) in [6, 6.07) is 11.7. The molecule has 1 aromatic carbocycles. The van der Waals surface area contributed by atoms with Gasteiger partial charge in [0.15, 0.2) is 0 Å². The molecule has 0 bridgehead atoms. The second-order valence-corrected chi connectivity index (χ2v) is 4.29. The first kappa shape index (κ1) is 14.7. The van der Waals surface area contributed by atoms with E-state index in [1.165, 1.54) is 19.2 Å². The van der Waals surface area contributed by atoms with Crippen molar-refractivity contribution in [2.75, 3.05) is 19.0 Å². The fourth-order valence-corrected chi connectivity index (χ4v) is 1.81. The second kappa shape index (κ2) is 6.67. The number of aliphatic hydroxyl groups excluding tert-OH is 1. The third-order valence-electron chi connectivity index (χ3n) is 2.90. The molecule has 21 heavy (non-hydrogen) atoms. The number of hydrogen-bond acceptors (Lipinski definition) is 6. The van der Waals surface area contributed by atoms with Gasteiger partial charge < -0.3 is 15.2 Å². The Morgan fingerprint density at radius 3 is 2.67 bits per heavy atom. The van der Waals surface area contributed by atoms with Crippen molar-refractivity contribution in [2.24, 2.45) is 0 Å². The minimum atomic E-state index is -0.793. The number of hydrogen-bond donors (Lipinski definition) is 2. The van der Waals surface area contributed by atoms with E-state index in [1.807, 2.05) is 18.2 Å². The fraction of sp³-hybridized carbons (Fsp3) is 0.214. The van der Waals surface area contributed by atoms with Crippen LogP contribution in [0.25, 0.3) is 0 Å². The van der Waals surface area contributed by atoms with Crippen LogP contribution in [0.2, 0.25) is 0 Å². The molecule has 0 aliphatic carbocycles. The van der Waals surface area contributed by atoms with Gasteiger partial charge in [-0.3, -0.25) is 10.1 Å². The lowest BCUT2D eigenvalue weighted by Crippen LogP contribution is -2.14. The number of ether oxygens (including phenoxy) is 1. The molecule has 0 amide bonds. The van der Waals surface area contributed by atoms with Gasteiger partial charge in [-0.1, -0.05) is 30.3 Å². The van der Waals surface area contributed by atoms with E-state index in [1.54, 1.807) is 12.1 Å². The number of rotatable bonds is 6. The largest absolute Gasteiger partial charge is 0.481 e. The van der Waals surface area contributed by atoms with Crippen LogP contribution in [-0.4, -0.2) is 28.7 Å². The highest BCUT2D eigenvalue weighted by molar-refractivity contribution is 5.57. The molecule has 0 saturated heterocycles. The van der Waals surface area contributed by atoms with Gasteiger partial charge >= 0.3 is 5.69 Å². The summed E-state index contributed by atoms with van der Waals surface area (Å²) in [6.45, 7) is 0.102. The molecule has 110 valence electrons. The van der Waals surface area contributed by atoms with Gasteiger partial charge in [-0.25, -0.2) is 0 Å². The molecule has 0 saturated carbocycles. The summed E-state index contributed by atoms with van der Waals surface area (Å²) in [5.41, 5.74) is 0.548. The zero-order valence-corrected chi connectivity index (χ0v) is 11.4. The first-order chi connectivity index (χ1) is 10.1. The van der Waals surface area contributed by atoms with Gasteiger partial charge in [-0.15, -0.1) is 0 Å². The summed E-state index contributed by atoms with van der Waals surface area (Å²) in [5, 5.41) is 23.8. The molecule has 2 aromatic rings. The van der Waals surface area contributed by atoms with Crippen molar-refractivity contribution in [1.29, 1.82) is 0 Å². The molecule has 7 nitrogen and oxygen atoms in total. The van der Waals surface area contributed by atoms with Crippen LogP contribution >= 0.6 is 0 Å². The molecule has 0 radical (unpaired) electrons. The third-order valence-corrected chi connectivity index (χ3v) is 2.90. The Balaban J connectivity index is 2.13.